The van der Waals surface area contributed by atoms with Crippen molar-refractivity contribution >= 4 is 16.9 Å². The van der Waals surface area contributed by atoms with Crippen molar-refractivity contribution < 1.29 is 14.8 Å². The largest absolute Gasteiger partial charge is 0.442 e. The number of fused-ring (bicyclic) bond motifs is 1. The van der Waals surface area contributed by atoms with E-state index in [-0.39, 0.29) is 11.3 Å². The first-order chi connectivity index (χ1) is 7.70. The summed E-state index contributed by atoms with van der Waals surface area (Å²) in [5, 5.41) is 22.6. The molecular formula is C9H14N4O3. The van der Waals surface area contributed by atoms with Gasteiger partial charge in [-0.15, -0.1) is 9.46 Å². The third kappa shape index (κ3) is 1.32. The Morgan fingerprint density at radius 3 is 2.75 bits per heavy atom. The number of hydrogen-bond acceptors (Lipinski definition) is 5. The molecule has 0 aromatic carbocycles. The molecule has 0 aliphatic rings. The van der Waals surface area contributed by atoms with Gasteiger partial charge in [0.2, 0.25) is 0 Å². The first-order valence-corrected chi connectivity index (χ1v) is 5.08. The molecule has 2 rings (SSSR count). The summed E-state index contributed by atoms with van der Waals surface area (Å²) in [5.41, 5.74) is 1.18. The van der Waals surface area contributed by atoms with Crippen LogP contribution in [0.3, 0.4) is 0 Å². The Labute approximate surface area is 91.2 Å². The van der Waals surface area contributed by atoms with Crippen LogP contribution in [0, 0.1) is 0 Å². The average Bonchev–Trinajstić information content (AvgIpc) is 2.76. The van der Waals surface area contributed by atoms with E-state index in [9.17, 15) is 10.4 Å². The summed E-state index contributed by atoms with van der Waals surface area (Å²) in [5.74, 6) is 0. The smallest absolute Gasteiger partial charge is 0.276 e. The molecule has 0 spiro atoms. The number of hydrogen-bond donors (Lipinski definition) is 3. The van der Waals surface area contributed by atoms with Gasteiger partial charge in [0.15, 0.2) is 5.52 Å². The summed E-state index contributed by atoms with van der Waals surface area (Å²) >= 11 is 0. The molecule has 0 radical (unpaired) electrons. The van der Waals surface area contributed by atoms with E-state index >= 15 is 0 Å². The Balaban J connectivity index is 2.75. The maximum atomic E-state index is 9.84. The van der Waals surface area contributed by atoms with E-state index in [0.29, 0.717) is 24.3 Å². The molecule has 7 nitrogen and oxygen atoms in total. The van der Waals surface area contributed by atoms with Gasteiger partial charge in [-0.3, -0.25) is 0 Å². The minimum absolute atomic E-state index is 0.0380. The molecule has 0 unspecified atom stereocenters. The first kappa shape index (κ1) is 10.5. The summed E-state index contributed by atoms with van der Waals surface area (Å²) < 4.78 is 6.68. The van der Waals surface area contributed by atoms with Gasteiger partial charge in [-0.1, -0.05) is 0 Å². The van der Waals surface area contributed by atoms with Gasteiger partial charge >= 0.3 is 0 Å². The molecule has 0 saturated carbocycles. The fraction of sp³-hybridized carbons (Fsp3) is 0.444. The van der Waals surface area contributed by atoms with Crippen molar-refractivity contribution in [3.63, 3.8) is 0 Å². The molecule has 0 aliphatic carbocycles. The van der Waals surface area contributed by atoms with E-state index in [1.54, 1.807) is 6.92 Å². The summed E-state index contributed by atoms with van der Waals surface area (Å²) in [4.78, 5) is 3.95. The van der Waals surface area contributed by atoms with Gasteiger partial charge in [-0.25, -0.2) is 4.99 Å². The predicted molar refractivity (Wildman–Crippen MR) is 56.8 cm³/mol. The van der Waals surface area contributed by atoms with Crippen molar-refractivity contribution in [2.75, 3.05) is 18.4 Å². The fourth-order valence-corrected chi connectivity index (χ4v) is 1.57. The topological polar surface area (TPSA) is 87.9 Å². The highest BCUT2D eigenvalue weighted by Gasteiger charge is 2.18. The Hall–Kier alpha value is -2.05. The Morgan fingerprint density at radius 2 is 2.12 bits per heavy atom. The highest BCUT2D eigenvalue weighted by Crippen LogP contribution is 2.23. The predicted octanol–water partition coefficient (Wildman–Crippen LogP) is 0.863. The Kier molecular flexibility index (Phi) is 2.51. The molecule has 7 heteroatoms. The van der Waals surface area contributed by atoms with Crippen molar-refractivity contribution in [2.45, 2.75) is 13.8 Å². The SMILES string of the molecule is CCN=c1n(O)c2occ(NCC)c2n1O. The third-order valence-corrected chi connectivity index (χ3v) is 2.20. The lowest BCUT2D eigenvalue weighted by molar-refractivity contribution is 0.128. The van der Waals surface area contributed by atoms with Crippen LogP contribution in [0.4, 0.5) is 5.69 Å². The molecule has 3 N–H and O–H groups in total. The Bertz CT molecular complexity index is 563. The van der Waals surface area contributed by atoms with E-state index in [4.69, 9.17) is 4.42 Å². The lowest BCUT2D eigenvalue weighted by atomic mass is 10.4. The summed E-state index contributed by atoms with van der Waals surface area (Å²) in [6, 6.07) is 0. The van der Waals surface area contributed by atoms with E-state index in [1.165, 1.54) is 6.26 Å². The van der Waals surface area contributed by atoms with Gasteiger partial charge in [-0.05, 0) is 13.8 Å². The number of furan rings is 1. The molecule has 0 fully saturated rings. The molecule has 16 heavy (non-hydrogen) atoms. The molecule has 0 aliphatic heterocycles. The van der Waals surface area contributed by atoms with Gasteiger partial charge in [0, 0.05) is 13.1 Å². The number of aromatic nitrogens is 2. The molecule has 2 aromatic heterocycles. The van der Waals surface area contributed by atoms with Crippen molar-refractivity contribution in [1.82, 2.24) is 9.46 Å². The third-order valence-electron chi connectivity index (χ3n) is 2.20. The molecule has 0 amide bonds. The lowest BCUT2D eigenvalue weighted by Crippen LogP contribution is -2.24. The van der Waals surface area contributed by atoms with E-state index < -0.39 is 0 Å². The summed E-state index contributed by atoms with van der Waals surface area (Å²) in [6.07, 6.45) is 1.43. The van der Waals surface area contributed by atoms with Crippen molar-refractivity contribution in [2.24, 2.45) is 4.99 Å². The highest BCUT2D eigenvalue weighted by atomic mass is 16.5. The van der Waals surface area contributed by atoms with Gasteiger partial charge in [0.25, 0.3) is 11.3 Å². The molecule has 0 bridgehead atoms. The number of nitrogens with zero attached hydrogens (tertiary/aromatic N) is 3. The molecule has 88 valence electrons. The summed E-state index contributed by atoms with van der Waals surface area (Å²) in [7, 11) is 0. The summed E-state index contributed by atoms with van der Waals surface area (Å²) in [6.45, 7) is 4.86. The zero-order chi connectivity index (χ0) is 11.7. The number of imidazole rings is 1. The van der Waals surface area contributed by atoms with Crippen molar-refractivity contribution in [3.05, 3.63) is 11.9 Å². The minimum atomic E-state index is 0.0380. The van der Waals surface area contributed by atoms with Crippen LogP contribution in [0.15, 0.2) is 15.7 Å². The van der Waals surface area contributed by atoms with E-state index in [0.717, 1.165) is 9.46 Å². The van der Waals surface area contributed by atoms with Crippen LogP contribution in [-0.2, 0) is 0 Å². The van der Waals surface area contributed by atoms with Crippen LogP contribution < -0.4 is 10.9 Å². The molecule has 0 atom stereocenters. The van der Waals surface area contributed by atoms with Gasteiger partial charge in [-0.2, -0.15) is 0 Å². The average molecular weight is 226 g/mol. The second-order valence-electron chi connectivity index (χ2n) is 3.23. The van der Waals surface area contributed by atoms with Gasteiger partial charge in [0.05, 0.1) is 0 Å². The van der Waals surface area contributed by atoms with Crippen LogP contribution in [0.2, 0.25) is 0 Å². The van der Waals surface area contributed by atoms with Crippen LogP contribution in [0.5, 0.6) is 0 Å². The maximum Gasteiger partial charge on any atom is 0.276 e. The standard InChI is InChI=1S/C9H14N4O3/c1-3-10-6-5-16-8-7(6)12(14)9(11-4-2)13(8)15/h5,10,14-15H,3-4H2,1-2H3. The van der Waals surface area contributed by atoms with Crippen LogP contribution in [0.25, 0.3) is 11.2 Å². The fourth-order valence-electron chi connectivity index (χ4n) is 1.57. The normalized spacial score (nSPS) is 12.5. The molecular weight excluding hydrogens is 212 g/mol. The monoisotopic (exact) mass is 226 g/mol. The van der Waals surface area contributed by atoms with E-state index in [2.05, 4.69) is 10.3 Å². The lowest BCUT2D eigenvalue weighted by Gasteiger charge is -1.98. The quantitative estimate of drug-likeness (QED) is 0.677. The number of rotatable bonds is 3. The Morgan fingerprint density at radius 1 is 1.38 bits per heavy atom. The first-order valence-electron chi connectivity index (χ1n) is 5.08. The van der Waals surface area contributed by atoms with Gasteiger partial charge < -0.3 is 20.1 Å². The number of nitrogens with one attached hydrogen (secondary N) is 1. The second kappa shape index (κ2) is 3.84. The van der Waals surface area contributed by atoms with Crippen LogP contribution in [-0.4, -0.2) is 33.0 Å². The van der Waals surface area contributed by atoms with Crippen LogP contribution >= 0.6 is 0 Å². The minimum Gasteiger partial charge on any atom is -0.442 e. The highest BCUT2D eigenvalue weighted by molar-refractivity contribution is 5.84. The van der Waals surface area contributed by atoms with Crippen LogP contribution in [0.1, 0.15) is 13.8 Å². The van der Waals surface area contributed by atoms with E-state index in [1.807, 2.05) is 6.92 Å². The number of anilines is 1. The van der Waals surface area contributed by atoms with Crippen molar-refractivity contribution in [1.29, 1.82) is 0 Å². The molecule has 2 aromatic rings. The zero-order valence-corrected chi connectivity index (χ0v) is 9.14. The second-order valence-corrected chi connectivity index (χ2v) is 3.23. The van der Waals surface area contributed by atoms with Gasteiger partial charge in [0.1, 0.15) is 12.0 Å². The molecule has 2 heterocycles. The maximum absolute atomic E-state index is 9.84. The van der Waals surface area contributed by atoms with Crippen molar-refractivity contribution in [3.8, 4) is 0 Å². The zero-order valence-electron chi connectivity index (χ0n) is 9.14. The molecule has 0 saturated heterocycles.